The van der Waals surface area contributed by atoms with Crippen molar-refractivity contribution < 1.29 is 9.47 Å². The van der Waals surface area contributed by atoms with Crippen molar-refractivity contribution in [2.24, 2.45) is 0 Å². The smallest absolute Gasteiger partial charge is 0.180 e. The van der Waals surface area contributed by atoms with Crippen molar-refractivity contribution in [3.05, 3.63) is 24.5 Å². The zero-order chi connectivity index (χ0) is 12.8. The molecule has 1 atom stereocenters. The predicted octanol–water partition coefficient (Wildman–Crippen LogP) is 1.10. The van der Waals surface area contributed by atoms with Crippen molar-refractivity contribution in [3.8, 4) is 0 Å². The van der Waals surface area contributed by atoms with Gasteiger partial charge in [-0.25, -0.2) is 9.97 Å². The summed E-state index contributed by atoms with van der Waals surface area (Å²) in [6.45, 7) is 1.17. The van der Waals surface area contributed by atoms with Crippen LogP contribution < -0.4 is 5.32 Å². The fourth-order valence-corrected chi connectivity index (χ4v) is 1.57. The number of methoxy groups -OCH3 is 2. The molecule has 0 saturated heterocycles. The van der Waals surface area contributed by atoms with E-state index >= 15 is 0 Å². The molecule has 6 heteroatoms. The summed E-state index contributed by atoms with van der Waals surface area (Å²) in [6, 6.07) is 3.76. The topological polar surface area (TPSA) is 69.2 Å². The summed E-state index contributed by atoms with van der Waals surface area (Å²) in [6.07, 6.45) is 3.27. The van der Waals surface area contributed by atoms with Gasteiger partial charge in [0.25, 0.3) is 0 Å². The van der Waals surface area contributed by atoms with Crippen LogP contribution in [0.3, 0.4) is 0 Å². The summed E-state index contributed by atoms with van der Waals surface area (Å²) in [5.41, 5.74) is 1.41. The summed E-state index contributed by atoms with van der Waals surface area (Å²) in [7, 11) is 3.31. The molecule has 18 heavy (non-hydrogen) atoms. The predicted molar refractivity (Wildman–Crippen MR) is 68.5 cm³/mol. The summed E-state index contributed by atoms with van der Waals surface area (Å²) in [5, 5.41) is 3.19. The molecular formula is C12H16N4O2. The number of aromatic nitrogens is 3. The van der Waals surface area contributed by atoms with Crippen LogP contribution in [0.25, 0.3) is 11.2 Å². The number of pyridine rings is 1. The maximum atomic E-state index is 5.26. The molecule has 1 N–H and O–H groups in total. The minimum Gasteiger partial charge on any atom is -0.382 e. The van der Waals surface area contributed by atoms with Gasteiger partial charge in [-0.2, -0.15) is 0 Å². The minimum absolute atomic E-state index is 0.00523. The first-order valence-electron chi connectivity index (χ1n) is 5.67. The van der Waals surface area contributed by atoms with Crippen LogP contribution in [0.15, 0.2) is 24.5 Å². The second-order valence-corrected chi connectivity index (χ2v) is 3.79. The van der Waals surface area contributed by atoms with Gasteiger partial charge < -0.3 is 14.8 Å². The Hall–Kier alpha value is -1.79. The van der Waals surface area contributed by atoms with E-state index in [9.17, 15) is 0 Å². The molecule has 2 rings (SSSR count). The van der Waals surface area contributed by atoms with Gasteiger partial charge in [0.15, 0.2) is 5.65 Å². The van der Waals surface area contributed by atoms with E-state index in [4.69, 9.17) is 9.47 Å². The average molecular weight is 248 g/mol. The zero-order valence-electron chi connectivity index (χ0n) is 10.5. The Morgan fingerprint density at radius 1 is 1.22 bits per heavy atom. The summed E-state index contributed by atoms with van der Waals surface area (Å²) in [4.78, 5) is 12.7. The molecule has 0 saturated carbocycles. The van der Waals surface area contributed by atoms with Gasteiger partial charge in [0, 0.05) is 33.2 Å². The van der Waals surface area contributed by atoms with Crippen molar-refractivity contribution in [2.45, 2.75) is 6.10 Å². The van der Waals surface area contributed by atoms with Gasteiger partial charge in [0.2, 0.25) is 0 Å². The Morgan fingerprint density at radius 3 is 2.83 bits per heavy atom. The Balaban J connectivity index is 2.03. The van der Waals surface area contributed by atoms with E-state index < -0.39 is 0 Å². The second kappa shape index (κ2) is 6.23. The van der Waals surface area contributed by atoms with E-state index in [0.717, 1.165) is 11.3 Å². The molecule has 0 fully saturated rings. The van der Waals surface area contributed by atoms with Crippen molar-refractivity contribution >= 4 is 17.0 Å². The molecule has 0 aliphatic heterocycles. The number of fused-ring (bicyclic) bond motifs is 1. The third kappa shape index (κ3) is 3.12. The fraction of sp³-hybridized carbons (Fsp3) is 0.417. The summed E-state index contributed by atoms with van der Waals surface area (Å²) >= 11 is 0. The van der Waals surface area contributed by atoms with Crippen molar-refractivity contribution in [3.63, 3.8) is 0 Å². The summed E-state index contributed by atoms with van der Waals surface area (Å²) in [5.74, 6) is 0.751. The first kappa shape index (κ1) is 12.7. The van der Waals surface area contributed by atoms with Crippen LogP contribution in [-0.4, -0.2) is 48.4 Å². The maximum absolute atomic E-state index is 5.26. The van der Waals surface area contributed by atoms with Gasteiger partial charge in [0.05, 0.1) is 12.7 Å². The summed E-state index contributed by atoms with van der Waals surface area (Å²) < 4.78 is 10.3. The number of nitrogens with zero attached hydrogens (tertiary/aromatic N) is 3. The van der Waals surface area contributed by atoms with Crippen LogP contribution in [0.4, 0.5) is 5.82 Å². The normalized spacial score (nSPS) is 12.6. The van der Waals surface area contributed by atoms with Gasteiger partial charge >= 0.3 is 0 Å². The van der Waals surface area contributed by atoms with Gasteiger partial charge in [-0.3, -0.25) is 4.98 Å². The number of hydrogen-bond donors (Lipinski definition) is 1. The molecule has 0 aliphatic carbocycles. The van der Waals surface area contributed by atoms with Crippen molar-refractivity contribution in [1.29, 1.82) is 0 Å². The lowest BCUT2D eigenvalue weighted by Crippen LogP contribution is -2.26. The van der Waals surface area contributed by atoms with E-state index in [1.54, 1.807) is 26.6 Å². The lowest BCUT2D eigenvalue weighted by Gasteiger charge is -2.15. The lowest BCUT2D eigenvalue weighted by atomic mass is 10.3. The molecule has 6 nitrogen and oxygen atoms in total. The maximum Gasteiger partial charge on any atom is 0.180 e. The van der Waals surface area contributed by atoms with Gasteiger partial charge in [-0.05, 0) is 12.1 Å². The molecule has 1 unspecified atom stereocenters. The third-order valence-corrected chi connectivity index (χ3v) is 2.53. The monoisotopic (exact) mass is 248 g/mol. The number of ether oxygens (including phenoxy) is 2. The Labute approximate surface area is 105 Å². The lowest BCUT2D eigenvalue weighted by molar-refractivity contribution is 0.0365. The van der Waals surface area contributed by atoms with Crippen LogP contribution in [0.1, 0.15) is 0 Å². The second-order valence-electron chi connectivity index (χ2n) is 3.79. The first-order chi connectivity index (χ1) is 8.83. The highest BCUT2D eigenvalue weighted by molar-refractivity contribution is 5.71. The van der Waals surface area contributed by atoms with Crippen LogP contribution in [0, 0.1) is 0 Å². The van der Waals surface area contributed by atoms with Crippen LogP contribution in [0.5, 0.6) is 0 Å². The largest absolute Gasteiger partial charge is 0.382 e. The quantitative estimate of drug-likeness (QED) is 0.825. The van der Waals surface area contributed by atoms with Gasteiger partial charge in [-0.1, -0.05) is 0 Å². The third-order valence-electron chi connectivity index (χ3n) is 2.53. The van der Waals surface area contributed by atoms with E-state index in [0.29, 0.717) is 18.8 Å². The van der Waals surface area contributed by atoms with E-state index in [-0.39, 0.29) is 6.10 Å². The Bertz CT molecular complexity index is 506. The SMILES string of the molecule is COCC(CNc1ccc2nccnc2n1)OC. The van der Waals surface area contributed by atoms with Crippen molar-refractivity contribution in [2.75, 3.05) is 32.7 Å². The zero-order valence-corrected chi connectivity index (χ0v) is 10.5. The number of nitrogens with one attached hydrogen (secondary N) is 1. The molecule has 2 aromatic rings. The van der Waals surface area contributed by atoms with Crippen LogP contribution >= 0.6 is 0 Å². The van der Waals surface area contributed by atoms with Crippen molar-refractivity contribution in [1.82, 2.24) is 15.0 Å². The molecule has 0 spiro atoms. The highest BCUT2D eigenvalue weighted by atomic mass is 16.5. The highest BCUT2D eigenvalue weighted by Gasteiger charge is 2.07. The Morgan fingerprint density at radius 2 is 2.06 bits per heavy atom. The average Bonchev–Trinajstić information content (AvgIpc) is 2.43. The first-order valence-corrected chi connectivity index (χ1v) is 5.67. The fourth-order valence-electron chi connectivity index (χ4n) is 1.57. The molecule has 0 bridgehead atoms. The number of hydrogen-bond acceptors (Lipinski definition) is 6. The van der Waals surface area contributed by atoms with Gasteiger partial charge in [-0.15, -0.1) is 0 Å². The molecule has 2 heterocycles. The van der Waals surface area contributed by atoms with E-state index in [1.165, 1.54) is 0 Å². The molecular weight excluding hydrogens is 232 g/mol. The molecule has 0 aliphatic rings. The number of anilines is 1. The van der Waals surface area contributed by atoms with Crippen LogP contribution in [0.2, 0.25) is 0 Å². The van der Waals surface area contributed by atoms with Crippen LogP contribution in [-0.2, 0) is 9.47 Å². The Kier molecular flexibility index (Phi) is 4.38. The number of rotatable bonds is 6. The highest BCUT2D eigenvalue weighted by Crippen LogP contribution is 2.10. The molecule has 0 amide bonds. The molecule has 0 aromatic carbocycles. The standard InChI is InChI=1S/C12H16N4O2/c1-17-8-9(18-2)7-15-11-4-3-10-12(16-11)14-6-5-13-10/h3-6,9H,7-8H2,1-2H3,(H,14,15,16). The molecule has 96 valence electrons. The van der Waals surface area contributed by atoms with E-state index in [1.807, 2.05) is 12.1 Å². The molecule has 0 radical (unpaired) electrons. The van der Waals surface area contributed by atoms with E-state index in [2.05, 4.69) is 20.3 Å². The minimum atomic E-state index is -0.00523. The molecule has 2 aromatic heterocycles. The van der Waals surface area contributed by atoms with Gasteiger partial charge in [0.1, 0.15) is 11.3 Å².